The molecule has 0 atom stereocenters. The zero-order valence-electron chi connectivity index (χ0n) is 7.56. The molecule has 0 unspecified atom stereocenters. The number of benzene rings is 1. The second kappa shape index (κ2) is 3.91. The van der Waals surface area contributed by atoms with E-state index in [4.69, 9.17) is 5.11 Å². The Morgan fingerprint density at radius 1 is 1.60 bits per heavy atom. The topological polar surface area (TPSA) is 89.7 Å². The van der Waals surface area contributed by atoms with E-state index in [-0.39, 0.29) is 5.75 Å². The summed E-state index contributed by atoms with van der Waals surface area (Å²) in [5.41, 5.74) is -1.28. The molecule has 6 nitrogen and oxygen atoms in total. The number of methoxy groups -OCH3 is 1. The summed E-state index contributed by atoms with van der Waals surface area (Å²) in [5.74, 6) is -2.88. The van der Waals surface area contributed by atoms with Crippen molar-refractivity contribution in [1.82, 2.24) is 0 Å². The number of rotatable bonds is 3. The summed E-state index contributed by atoms with van der Waals surface area (Å²) in [6.07, 6.45) is 0. The molecule has 0 aliphatic rings. The molecule has 0 aliphatic heterocycles. The molecule has 1 aromatic rings. The summed E-state index contributed by atoms with van der Waals surface area (Å²) < 4.78 is 17.6. The average molecular weight is 215 g/mol. The molecule has 0 fully saturated rings. The number of nitro benzene ring substituents is 1. The highest BCUT2D eigenvalue weighted by Gasteiger charge is 2.21. The third-order valence-corrected chi connectivity index (χ3v) is 1.70. The van der Waals surface area contributed by atoms with Crippen LogP contribution in [0.4, 0.5) is 10.1 Å². The van der Waals surface area contributed by atoms with E-state index in [1.54, 1.807) is 0 Å². The summed E-state index contributed by atoms with van der Waals surface area (Å²) in [6.45, 7) is 0. The molecule has 7 heteroatoms. The van der Waals surface area contributed by atoms with E-state index in [0.717, 1.165) is 13.2 Å². The lowest BCUT2D eigenvalue weighted by molar-refractivity contribution is -0.387. The molecule has 15 heavy (non-hydrogen) atoms. The third-order valence-electron chi connectivity index (χ3n) is 1.70. The smallest absolute Gasteiger partial charge is 0.339 e. The van der Waals surface area contributed by atoms with Crippen LogP contribution in [0.15, 0.2) is 12.1 Å². The van der Waals surface area contributed by atoms with Crippen molar-refractivity contribution in [3.05, 3.63) is 33.6 Å². The van der Waals surface area contributed by atoms with Crippen LogP contribution in [-0.2, 0) is 0 Å². The lowest BCUT2D eigenvalue weighted by Crippen LogP contribution is -2.03. The van der Waals surface area contributed by atoms with Gasteiger partial charge in [0.2, 0.25) is 5.82 Å². The van der Waals surface area contributed by atoms with Crippen molar-refractivity contribution < 1.29 is 24.0 Å². The van der Waals surface area contributed by atoms with Gasteiger partial charge in [0.25, 0.3) is 0 Å². The van der Waals surface area contributed by atoms with Crippen LogP contribution in [0.3, 0.4) is 0 Å². The number of carboxylic acids is 1. The maximum absolute atomic E-state index is 13.0. The Kier molecular flexibility index (Phi) is 2.84. The molecule has 1 aromatic carbocycles. The number of aromatic carboxylic acids is 1. The average Bonchev–Trinajstić information content (AvgIpc) is 2.16. The van der Waals surface area contributed by atoms with E-state index in [0.29, 0.717) is 6.07 Å². The van der Waals surface area contributed by atoms with E-state index in [1.807, 2.05) is 0 Å². The Labute approximate surface area is 83.0 Å². The predicted octanol–water partition coefficient (Wildman–Crippen LogP) is 1.44. The minimum Gasteiger partial charge on any atom is -0.496 e. The first-order valence-corrected chi connectivity index (χ1v) is 3.72. The number of carboxylic acid groups (broad SMARTS) is 1. The largest absolute Gasteiger partial charge is 0.496 e. The highest BCUT2D eigenvalue weighted by atomic mass is 19.1. The normalized spacial score (nSPS) is 9.73. The van der Waals surface area contributed by atoms with Gasteiger partial charge in [-0.2, -0.15) is 4.39 Å². The lowest BCUT2D eigenvalue weighted by Gasteiger charge is -2.04. The molecule has 0 aromatic heterocycles. The van der Waals surface area contributed by atoms with Gasteiger partial charge < -0.3 is 9.84 Å². The van der Waals surface area contributed by atoms with Crippen molar-refractivity contribution in [2.24, 2.45) is 0 Å². The number of ether oxygens (including phenoxy) is 1. The van der Waals surface area contributed by atoms with Gasteiger partial charge >= 0.3 is 11.7 Å². The summed E-state index contributed by atoms with van der Waals surface area (Å²) in [7, 11) is 1.14. The molecular formula is C8H6FNO5. The summed E-state index contributed by atoms with van der Waals surface area (Å²) in [4.78, 5) is 20.0. The predicted molar refractivity (Wildman–Crippen MR) is 46.6 cm³/mol. The van der Waals surface area contributed by atoms with Crippen LogP contribution in [0.5, 0.6) is 5.75 Å². The number of hydrogen-bond donors (Lipinski definition) is 1. The third kappa shape index (κ3) is 2.01. The van der Waals surface area contributed by atoms with Crippen molar-refractivity contribution in [2.75, 3.05) is 7.11 Å². The first-order valence-electron chi connectivity index (χ1n) is 3.72. The number of nitrogens with zero attached hydrogens (tertiary/aromatic N) is 1. The van der Waals surface area contributed by atoms with Gasteiger partial charge in [0.15, 0.2) is 0 Å². The molecule has 0 aliphatic carbocycles. The Hall–Kier alpha value is -2.18. The summed E-state index contributed by atoms with van der Waals surface area (Å²) >= 11 is 0. The van der Waals surface area contributed by atoms with Gasteiger partial charge in [-0.1, -0.05) is 0 Å². The van der Waals surface area contributed by atoms with Gasteiger partial charge in [0.05, 0.1) is 18.1 Å². The number of halogens is 1. The minimum absolute atomic E-state index is 0.254. The van der Waals surface area contributed by atoms with Gasteiger partial charge in [0.1, 0.15) is 11.3 Å². The first kappa shape index (κ1) is 10.9. The Bertz CT molecular complexity index is 431. The highest BCUT2D eigenvalue weighted by molar-refractivity contribution is 5.91. The standard InChI is InChI=1S/C8H6FNO5/c1-15-7-3-6(10(13)14)5(9)2-4(7)8(11)12/h2-3H,1H3,(H,11,12). The minimum atomic E-state index is -1.42. The van der Waals surface area contributed by atoms with Crippen LogP contribution in [0.25, 0.3) is 0 Å². The van der Waals surface area contributed by atoms with Crippen LogP contribution < -0.4 is 4.74 Å². The summed E-state index contributed by atoms with van der Waals surface area (Å²) in [5, 5.41) is 19.0. The van der Waals surface area contributed by atoms with Crippen molar-refractivity contribution in [2.45, 2.75) is 0 Å². The monoisotopic (exact) mass is 215 g/mol. The maximum Gasteiger partial charge on any atom is 0.339 e. The Balaban J connectivity index is 3.42. The highest BCUT2D eigenvalue weighted by Crippen LogP contribution is 2.27. The second-order valence-electron chi connectivity index (χ2n) is 2.57. The molecule has 0 bridgehead atoms. The zero-order valence-corrected chi connectivity index (χ0v) is 7.56. The van der Waals surface area contributed by atoms with Crippen molar-refractivity contribution >= 4 is 11.7 Å². The second-order valence-corrected chi connectivity index (χ2v) is 2.57. The quantitative estimate of drug-likeness (QED) is 0.608. The fourth-order valence-electron chi connectivity index (χ4n) is 1.02. The van der Waals surface area contributed by atoms with E-state index in [1.165, 1.54) is 0 Å². The van der Waals surface area contributed by atoms with Crippen LogP contribution >= 0.6 is 0 Å². The number of carbonyl (C=O) groups is 1. The number of hydrogen-bond acceptors (Lipinski definition) is 4. The van der Waals surface area contributed by atoms with Crippen LogP contribution in [0.1, 0.15) is 10.4 Å². The van der Waals surface area contributed by atoms with Crippen LogP contribution in [0, 0.1) is 15.9 Å². The van der Waals surface area contributed by atoms with Gasteiger partial charge in [-0.15, -0.1) is 0 Å². The molecule has 0 saturated carbocycles. The maximum atomic E-state index is 13.0. The molecule has 0 amide bonds. The molecule has 0 heterocycles. The molecule has 0 radical (unpaired) electrons. The van der Waals surface area contributed by atoms with Gasteiger partial charge in [0, 0.05) is 0 Å². The van der Waals surface area contributed by atoms with E-state index < -0.39 is 28.0 Å². The lowest BCUT2D eigenvalue weighted by atomic mass is 10.1. The van der Waals surface area contributed by atoms with Gasteiger partial charge in [-0.3, -0.25) is 10.1 Å². The van der Waals surface area contributed by atoms with Gasteiger partial charge in [-0.25, -0.2) is 4.79 Å². The van der Waals surface area contributed by atoms with Gasteiger partial charge in [-0.05, 0) is 6.07 Å². The zero-order chi connectivity index (χ0) is 11.6. The first-order chi connectivity index (χ1) is 6.97. The van der Waals surface area contributed by atoms with Crippen molar-refractivity contribution in [1.29, 1.82) is 0 Å². The number of nitro groups is 1. The van der Waals surface area contributed by atoms with E-state index in [9.17, 15) is 19.3 Å². The van der Waals surface area contributed by atoms with Crippen molar-refractivity contribution in [3.8, 4) is 5.75 Å². The van der Waals surface area contributed by atoms with Crippen LogP contribution in [-0.4, -0.2) is 23.1 Å². The molecule has 80 valence electrons. The molecule has 1 rings (SSSR count). The van der Waals surface area contributed by atoms with Crippen molar-refractivity contribution in [3.63, 3.8) is 0 Å². The molecular weight excluding hydrogens is 209 g/mol. The Morgan fingerprint density at radius 2 is 2.20 bits per heavy atom. The molecule has 0 spiro atoms. The summed E-state index contributed by atoms with van der Waals surface area (Å²) in [6, 6.07) is 1.29. The van der Waals surface area contributed by atoms with Crippen LogP contribution in [0.2, 0.25) is 0 Å². The van der Waals surface area contributed by atoms with E-state index >= 15 is 0 Å². The SMILES string of the molecule is COc1cc([N+](=O)[O-])c(F)cc1C(=O)O. The fourth-order valence-corrected chi connectivity index (χ4v) is 1.02. The van der Waals surface area contributed by atoms with E-state index in [2.05, 4.69) is 4.74 Å². The fraction of sp³-hybridized carbons (Fsp3) is 0.125. The molecule has 1 N–H and O–H groups in total. The molecule has 0 saturated heterocycles. The Morgan fingerprint density at radius 3 is 2.60 bits per heavy atom.